The third-order valence-corrected chi connectivity index (χ3v) is 14.3. The van der Waals surface area contributed by atoms with Crippen LogP contribution >= 0.6 is 0 Å². The summed E-state index contributed by atoms with van der Waals surface area (Å²) in [5, 5.41) is 12.2. The second-order valence-corrected chi connectivity index (χ2v) is 21.9. The van der Waals surface area contributed by atoms with Crippen LogP contribution in [0.15, 0.2) is 122 Å². The molecule has 0 heterocycles. The predicted octanol–water partition coefficient (Wildman–Crippen LogP) is 16.8. The summed E-state index contributed by atoms with van der Waals surface area (Å²) in [7, 11) is 0. The largest absolute Gasteiger partial charge is 0.390 e. The lowest BCUT2D eigenvalue weighted by Crippen LogP contribution is -2.36. The molecular formula is C57H88O. The highest BCUT2D eigenvalue weighted by atomic mass is 16.3. The van der Waals surface area contributed by atoms with Crippen molar-refractivity contribution in [2.75, 3.05) is 0 Å². The summed E-state index contributed by atoms with van der Waals surface area (Å²) in [4.78, 5) is 0. The Bertz CT molecular complexity index is 1600. The van der Waals surface area contributed by atoms with E-state index in [1.807, 2.05) is 6.08 Å². The lowest BCUT2D eigenvalue weighted by molar-refractivity contribution is -0.00115. The molecule has 0 saturated heterocycles. The van der Waals surface area contributed by atoms with Crippen molar-refractivity contribution in [3.63, 3.8) is 0 Å². The summed E-state index contributed by atoms with van der Waals surface area (Å²) in [5.74, 6) is 3.17. The van der Waals surface area contributed by atoms with E-state index in [4.69, 9.17) is 19.7 Å². The molecule has 8 unspecified atom stereocenters. The van der Waals surface area contributed by atoms with Crippen LogP contribution in [0.5, 0.6) is 0 Å². The third kappa shape index (κ3) is 12.8. The molecule has 0 aromatic heterocycles. The fourth-order valence-electron chi connectivity index (χ4n) is 11.6. The maximum atomic E-state index is 12.2. The molecule has 4 rings (SSSR count). The minimum Gasteiger partial charge on any atom is -0.390 e. The summed E-state index contributed by atoms with van der Waals surface area (Å²) in [6.45, 7) is 47.0. The van der Waals surface area contributed by atoms with Crippen LogP contribution < -0.4 is 0 Å². The van der Waals surface area contributed by atoms with Crippen molar-refractivity contribution in [1.82, 2.24) is 0 Å². The minimum absolute atomic E-state index is 0. The highest BCUT2D eigenvalue weighted by Crippen LogP contribution is 2.73. The van der Waals surface area contributed by atoms with Crippen LogP contribution in [0, 0.1) is 57.7 Å². The molecule has 0 bridgehead atoms. The van der Waals surface area contributed by atoms with E-state index in [1.165, 1.54) is 71.9 Å². The first-order chi connectivity index (χ1) is 26.6. The van der Waals surface area contributed by atoms with Crippen LogP contribution in [-0.4, -0.2) is 10.7 Å². The highest BCUT2D eigenvalue weighted by Gasteiger charge is 2.67. The first-order valence-corrected chi connectivity index (χ1v) is 22.8. The normalized spacial score (nSPS) is 22.5. The molecule has 0 aliphatic heterocycles. The molecule has 8 atom stereocenters. The van der Waals surface area contributed by atoms with Crippen molar-refractivity contribution in [2.24, 2.45) is 57.7 Å². The van der Waals surface area contributed by atoms with E-state index >= 15 is 0 Å². The number of allylic oxidation sites excluding steroid dienone is 5. The Labute approximate surface area is 359 Å². The second-order valence-electron chi connectivity index (χ2n) is 21.9. The minimum atomic E-state index is -0.853. The monoisotopic (exact) mass is 789 g/mol. The number of benzene rings is 2. The molecule has 322 valence electrons. The van der Waals surface area contributed by atoms with Crippen molar-refractivity contribution in [3.8, 4) is 0 Å². The standard InChI is InChI=1S/C56H84O.CH4/c1-16-18-19-20-23-29-39(3)45(28-17-2)34-41(5)50-46(36-49-52(50)55(49,13)14)42(6)48(54(10,11)12)35-40(4)47(37-56(15,57)38-53(7,8)9)51(43-30-24-21-25-31-43)44-32-26-22-27-33-44;/h16,21-22,24-27,30-33,45-52,57H,1,3-6,17-20,23,28-29,34-38H2,2,7-15H3;1H4. The quantitative estimate of drug-likeness (QED) is 0.0878. The van der Waals surface area contributed by atoms with Gasteiger partial charge >= 0.3 is 0 Å². The van der Waals surface area contributed by atoms with Crippen molar-refractivity contribution in [2.45, 2.75) is 165 Å². The lowest BCUT2D eigenvalue weighted by atomic mass is 9.63. The molecule has 2 aliphatic rings. The van der Waals surface area contributed by atoms with Gasteiger partial charge in [-0.2, -0.15) is 0 Å². The van der Waals surface area contributed by atoms with Gasteiger partial charge in [0.2, 0.25) is 0 Å². The highest BCUT2D eigenvalue weighted by molar-refractivity contribution is 5.37. The van der Waals surface area contributed by atoms with Crippen molar-refractivity contribution < 1.29 is 5.11 Å². The van der Waals surface area contributed by atoms with Crippen LogP contribution in [0.2, 0.25) is 0 Å². The molecule has 1 N–H and O–H groups in total. The van der Waals surface area contributed by atoms with Crippen LogP contribution in [0.4, 0.5) is 0 Å². The number of unbranched alkanes of at least 4 members (excludes halogenated alkanes) is 3. The van der Waals surface area contributed by atoms with Gasteiger partial charge in [0.1, 0.15) is 0 Å². The SMILES string of the molecule is C.C=CCCCCCC(=C)C(CCC)CC(=C)C1C(C(=C)C(CC(=C)C(CC(C)(O)CC(C)(C)C)C(c2ccccc2)c2ccccc2)C(C)(C)C)CC2C1C2(C)C. The van der Waals surface area contributed by atoms with Gasteiger partial charge in [0.05, 0.1) is 5.60 Å². The molecule has 2 aromatic carbocycles. The van der Waals surface area contributed by atoms with Gasteiger partial charge in [-0.05, 0) is 140 Å². The van der Waals surface area contributed by atoms with Crippen LogP contribution in [0.25, 0.3) is 0 Å². The zero-order chi connectivity index (χ0) is 42.3. The maximum absolute atomic E-state index is 12.2. The first kappa shape index (κ1) is 49.5. The van der Waals surface area contributed by atoms with Gasteiger partial charge in [-0.1, -0.05) is 198 Å². The molecule has 2 aromatic rings. The summed E-state index contributed by atoms with van der Waals surface area (Å²) in [6, 6.07) is 21.9. The number of hydrogen-bond donors (Lipinski definition) is 1. The third-order valence-electron chi connectivity index (χ3n) is 14.3. The number of aliphatic hydroxyl groups is 1. The molecule has 1 heteroatoms. The summed E-state index contributed by atoms with van der Waals surface area (Å²) in [5.41, 5.74) is 7.56. The van der Waals surface area contributed by atoms with E-state index < -0.39 is 5.60 Å². The lowest BCUT2D eigenvalue weighted by Gasteiger charge is -2.42. The van der Waals surface area contributed by atoms with Gasteiger partial charge in [0.25, 0.3) is 0 Å². The first-order valence-electron chi connectivity index (χ1n) is 22.8. The topological polar surface area (TPSA) is 20.2 Å². The van der Waals surface area contributed by atoms with E-state index in [0.29, 0.717) is 35.5 Å². The molecule has 2 aliphatic carbocycles. The molecule has 2 saturated carbocycles. The Morgan fingerprint density at radius 3 is 1.90 bits per heavy atom. The van der Waals surface area contributed by atoms with Gasteiger partial charge < -0.3 is 5.11 Å². The van der Waals surface area contributed by atoms with E-state index in [2.05, 4.69) is 143 Å². The average molecular weight is 789 g/mol. The molecule has 0 radical (unpaired) electrons. The van der Waals surface area contributed by atoms with Gasteiger partial charge in [-0.3, -0.25) is 0 Å². The van der Waals surface area contributed by atoms with Gasteiger partial charge in [0, 0.05) is 5.92 Å². The van der Waals surface area contributed by atoms with E-state index in [9.17, 15) is 5.11 Å². The Hall–Kier alpha value is -2.90. The number of hydrogen-bond acceptors (Lipinski definition) is 1. The van der Waals surface area contributed by atoms with Crippen molar-refractivity contribution >= 4 is 0 Å². The average Bonchev–Trinajstić information content (AvgIpc) is 3.42. The Morgan fingerprint density at radius 1 is 0.828 bits per heavy atom. The number of fused-ring (bicyclic) bond motifs is 1. The van der Waals surface area contributed by atoms with Gasteiger partial charge in [0.15, 0.2) is 0 Å². The fraction of sp³-hybridized carbons (Fsp3) is 0.614. The second kappa shape index (κ2) is 20.6. The molecule has 1 nitrogen and oxygen atoms in total. The summed E-state index contributed by atoms with van der Waals surface area (Å²) >= 11 is 0. The van der Waals surface area contributed by atoms with Crippen LogP contribution in [0.1, 0.15) is 171 Å². The van der Waals surface area contributed by atoms with E-state index in [1.54, 1.807) is 0 Å². The molecule has 58 heavy (non-hydrogen) atoms. The van der Waals surface area contributed by atoms with Gasteiger partial charge in [-0.25, -0.2) is 0 Å². The van der Waals surface area contributed by atoms with Gasteiger partial charge in [-0.15, -0.1) is 6.58 Å². The van der Waals surface area contributed by atoms with Crippen molar-refractivity contribution in [1.29, 1.82) is 0 Å². The molecule has 0 amide bonds. The maximum Gasteiger partial charge on any atom is 0.0630 e. The Kier molecular flexibility index (Phi) is 17.5. The molecule has 2 fully saturated rings. The van der Waals surface area contributed by atoms with E-state index in [-0.39, 0.29) is 36.0 Å². The van der Waals surface area contributed by atoms with E-state index in [0.717, 1.165) is 38.0 Å². The summed E-state index contributed by atoms with van der Waals surface area (Å²) < 4.78 is 0. The van der Waals surface area contributed by atoms with Crippen molar-refractivity contribution in [3.05, 3.63) is 133 Å². The zero-order valence-electron chi connectivity index (χ0n) is 38.4. The van der Waals surface area contributed by atoms with Crippen LogP contribution in [0.3, 0.4) is 0 Å². The number of rotatable bonds is 23. The smallest absolute Gasteiger partial charge is 0.0630 e. The Balaban J connectivity index is 0.00000900. The van der Waals surface area contributed by atoms with Crippen LogP contribution in [-0.2, 0) is 0 Å². The molecule has 0 spiro atoms. The fourth-order valence-corrected chi connectivity index (χ4v) is 11.6. The Morgan fingerprint density at radius 2 is 1.40 bits per heavy atom. The molecular weight excluding hydrogens is 701 g/mol. The summed E-state index contributed by atoms with van der Waals surface area (Å²) in [6.07, 6.45) is 14.8. The zero-order valence-corrected chi connectivity index (χ0v) is 38.4. The predicted molar refractivity (Wildman–Crippen MR) is 257 cm³/mol.